The SMILES string of the molecule is CCN1C(=O)c2cc(C#N)c(/N=N/c3ccc(N(C)C)c4ccccc34)c(Br)c2C1=O. The first-order valence-corrected chi connectivity index (χ1v) is 10.4. The van der Waals surface area contributed by atoms with Crippen molar-refractivity contribution in [3.05, 3.63) is 63.6 Å². The van der Waals surface area contributed by atoms with E-state index in [0.717, 1.165) is 21.4 Å². The molecule has 0 unspecified atom stereocenters. The van der Waals surface area contributed by atoms with Gasteiger partial charge in [0.15, 0.2) is 0 Å². The highest BCUT2D eigenvalue weighted by atomic mass is 79.9. The Bertz CT molecular complexity index is 1320. The highest BCUT2D eigenvalue weighted by molar-refractivity contribution is 9.10. The molecule has 0 aromatic heterocycles. The first-order chi connectivity index (χ1) is 14.9. The molecule has 1 aliphatic heterocycles. The van der Waals surface area contributed by atoms with Crippen molar-refractivity contribution in [2.45, 2.75) is 6.92 Å². The van der Waals surface area contributed by atoms with Gasteiger partial charge in [0, 0.05) is 37.1 Å². The van der Waals surface area contributed by atoms with Crippen LogP contribution in [-0.2, 0) is 0 Å². The van der Waals surface area contributed by atoms with E-state index in [9.17, 15) is 14.9 Å². The van der Waals surface area contributed by atoms with Gasteiger partial charge in [-0.25, -0.2) is 0 Å². The summed E-state index contributed by atoms with van der Waals surface area (Å²) in [6.07, 6.45) is 0. The summed E-state index contributed by atoms with van der Waals surface area (Å²) in [6, 6.07) is 15.2. The molecule has 0 saturated heterocycles. The topological polar surface area (TPSA) is 89.1 Å². The lowest BCUT2D eigenvalue weighted by Crippen LogP contribution is -2.29. The van der Waals surface area contributed by atoms with E-state index < -0.39 is 11.8 Å². The van der Waals surface area contributed by atoms with Gasteiger partial charge in [-0.3, -0.25) is 14.5 Å². The molecule has 0 aliphatic carbocycles. The van der Waals surface area contributed by atoms with Crippen molar-refractivity contribution in [1.29, 1.82) is 5.26 Å². The normalized spacial score (nSPS) is 13.2. The Hall–Kier alpha value is -3.57. The second kappa shape index (κ2) is 7.93. The van der Waals surface area contributed by atoms with E-state index in [1.807, 2.05) is 55.4 Å². The Morgan fingerprint density at radius 2 is 1.77 bits per heavy atom. The lowest BCUT2D eigenvalue weighted by atomic mass is 10.0. The molecule has 8 heteroatoms. The van der Waals surface area contributed by atoms with E-state index in [1.54, 1.807) is 6.92 Å². The van der Waals surface area contributed by atoms with Crippen LogP contribution >= 0.6 is 15.9 Å². The summed E-state index contributed by atoms with van der Waals surface area (Å²) in [5.74, 6) is -0.815. The predicted octanol–water partition coefficient (Wildman–Crippen LogP) is 5.57. The quantitative estimate of drug-likeness (QED) is 0.364. The zero-order chi connectivity index (χ0) is 22.3. The standard InChI is InChI=1S/C23H18BrN5O2/c1-4-29-22(30)16-11-13(12-25)21(20(24)19(16)23(29)31)27-26-17-9-10-18(28(2)3)15-8-6-5-7-14(15)17/h5-11H,4H2,1-3H3/b27-26+. The molecule has 7 nitrogen and oxygen atoms in total. The maximum absolute atomic E-state index is 12.7. The summed E-state index contributed by atoms with van der Waals surface area (Å²) in [6.45, 7) is 1.98. The molecule has 0 N–H and O–H groups in total. The molecular weight excluding hydrogens is 458 g/mol. The summed E-state index contributed by atoms with van der Waals surface area (Å²) >= 11 is 3.39. The molecule has 1 heterocycles. The minimum absolute atomic E-state index is 0.169. The maximum atomic E-state index is 12.7. The summed E-state index contributed by atoms with van der Waals surface area (Å²) in [5, 5.41) is 20.3. The molecule has 4 rings (SSSR count). The average Bonchev–Trinajstić information content (AvgIpc) is 3.01. The lowest BCUT2D eigenvalue weighted by molar-refractivity contribution is 0.0662. The molecule has 0 saturated carbocycles. The molecular formula is C23H18BrN5O2. The fourth-order valence-electron chi connectivity index (χ4n) is 3.71. The van der Waals surface area contributed by atoms with E-state index >= 15 is 0 Å². The number of nitriles is 1. The number of benzene rings is 3. The number of carbonyl (C=O) groups excluding carboxylic acids is 2. The molecule has 31 heavy (non-hydrogen) atoms. The number of hydrogen-bond acceptors (Lipinski definition) is 6. The van der Waals surface area contributed by atoms with E-state index in [4.69, 9.17) is 0 Å². The molecule has 0 radical (unpaired) electrons. The van der Waals surface area contributed by atoms with Crippen LogP contribution in [0, 0.1) is 11.3 Å². The summed E-state index contributed by atoms with van der Waals surface area (Å²) in [4.78, 5) is 28.3. The largest absolute Gasteiger partial charge is 0.377 e. The number of azo groups is 1. The predicted molar refractivity (Wildman–Crippen MR) is 122 cm³/mol. The van der Waals surface area contributed by atoms with Crippen molar-refractivity contribution < 1.29 is 9.59 Å². The first kappa shape index (κ1) is 20.7. The highest BCUT2D eigenvalue weighted by Crippen LogP contribution is 2.41. The second-order valence-corrected chi connectivity index (χ2v) is 8.01. The van der Waals surface area contributed by atoms with E-state index in [0.29, 0.717) is 10.2 Å². The molecule has 2 amide bonds. The van der Waals surface area contributed by atoms with Crippen molar-refractivity contribution in [3.63, 3.8) is 0 Å². The zero-order valence-electron chi connectivity index (χ0n) is 17.2. The Morgan fingerprint density at radius 3 is 2.42 bits per heavy atom. The van der Waals surface area contributed by atoms with Crippen molar-refractivity contribution in [2.24, 2.45) is 10.2 Å². The van der Waals surface area contributed by atoms with E-state index in [-0.39, 0.29) is 28.9 Å². The van der Waals surface area contributed by atoms with Crippen LogP contribution in [0.25, 0.3) is 10.8 Å². The second-order valence-electron chi connectivity index (χ2n) is 7.22. The van der Waals surface area contributed by atoms with Crippen LogP contribution in [0.4, 0.5) is 17.1 Å². The number of fused-ring (bicyclic) bond motifs is 2. The molecule has 3 aromatic carbocycles. The number of halogens is 1. The highest BCUT2D eigenvalue weighted by Gasteiger charge is 2.38. The third kappa shape index (κ3) is 3.27. The molecule has 0 fully saturated rings. The lowest BCUT2D eigenvalue weighted by Gasteiger charge is -2.16. The van der Waals surface area contributed by atoms with Gasteiger partial charge in [-0.2, -0.15) is 5.26 Å². The summed E-state index contributed by atoms with van der Waals surface area (Å²) in [5.41, 5.74) is 2.50. The first-order valence-electron chi connectivity index (χ1n) is 9.62. The number of rotatable bonds is 4. The minimum atomic E-state index is -0.409. The Labute approximate surface area is 187 Å². The van der Waals surface area contributed by atoms with Gasteiger partial charge in [0.05, 0.1) is 26.9 Å². The zero-order valence-corrected chi connectivity index (χ0v) is 18.8. The fraction of sp³-hybridized carbons (Fsp3) is 0.174. The third-order valence-electron chi connectivity index (χ3n) is 5.23. The van der Waals surface area contributed by atoms with E-state index in [2.05, 4.69) is 32.2 Å². The van der Waals surface area contributed by atoms with Crippen LogP contribution in [0.1, 0.15) is 33.2 Å². The number of amides is 2. The van der Waals surface area contributed by atoms with Crippen molar-refractivity contribution >= 4 is 55.6 Å². The van der Waals surface area contributed by atoms with Gasteiger partial charge < -0.3 is 4.90 Å². The van der Waals surface area contributed by atoms with Gasteiger partial charge in [0.2, 0.25) is 0 Å². The summed E-state index contributed by atoms with van der Waals surface area (Å²) < 4.78 is 0.300. The third-order valence-corrected chi connectivity index (χ3v) is 6.00. The van der Waals surface area contributed by atoms with Crippen molar-refractivity contribution in [1.82, 2.24) is 4.90 Å². The van der Waals surface area contributed by atoms with Gasteiger partial charge in [-0.05, 0) is 41.1 Å². The molecule has 0 atom stereocenters. The van der Waals surface area contributed by atoms with Gasteiger partial charge in [-0.1, -0.05) is 24.3 Å². The molecule has 1 aliphatic rings. The van der Waals surface area contributed by atoms with Crippen LogP contribution in [0.2, 0.25) is 0 Å². The van der Waals surface area contributed by atoms with Gasteiger partial charge in [0.25, 0.3) is 11.8 Å². The molecule has 0 spiro atoms. The van der Waals surface area contributed by atoms with Gasteiger partial charge in [-0.15, -0.1) is 10.2 Å². The molecule has 154 valence electrons. The minimum Gasteiger partial charge on any atom is -0.377 e. The molecule has 0 bridgehead atoms. The van der Waals surface area contributed by atoms with Gasteiger partial charge >= 0.3 is 0 Å². The van der Waals surface area contributed by atoms with E-state index in [1.165, 1.54) is 6.07 Å². The van der Waals surface area contributed by atoms with Gasteiger partial charge in [0.1, 0.15) is 11.8 Å². The number of nitrogens with zero attached hydrogens (tertiary/aromatic N) is 5. The number of anilines is 1. The van der Waals surface area contributed by atoms with Crippen LogP contribution in [0.15, 0.2) is 57.2 Å². The number of carbonyl (C=O) groups is 2. The number of imide groups is 1. The van der Waals surface area contributed by atoms with Crippen LogP contribution in [0.5, 0.6) is 0 Å². The smallest absolute Gasteiger partial charge is 0.262 e. The van der Waals surface area contributed by atoms with Crippen LogP contribution in [-0.4, -0.2) is 37.4 Å². The Balaban J connectivity index is 1.86. The van der Waals surface area contributed by atoms with Crippen LogP contribution in [0.3, 0.4) is 0 Å². The fourth-order valence-corrected chi connectivity index (χ4v) is 4.38. The summed E-state index contributed by atoms with van der Waals surface area (Å²) in [7, 11) is 3.95. The van der Waals surface area contributed by atoms with Crippen molar-refractivity contribution in [3.8, 4) is 6.07 Å². The van der Waals surface area contributed by atoms with Crippen molar-refractivity contribution in [2.75, 3.05) is 25.5 Å². The van der Waals surface area contributed by atoms with Crippen LogP contribution < -0.4 is 4.90 Å². The maximum Gasteiger partial charge on any atom is 0.262 e. The number of hydrogen-bond donors (Lipinski definition) is 0. The average molecular weight is 476 g/mol. The molecule has 3 aromatic rings. The Kier molecular flexibility index (Phi) is 5.29. The Morgan fingerprint density at radius 1 is 1.06 bits per heavy atom. The monoisotopic (exact) mass is 475 g/mol.